The number of hydrogen-bond acceptors (Lipinski definition) is 6. The molecule has 0 heterocycles. The zero-order valence-electron chi connectivity index (χ0n) is 8.01. The standard InChI is InChI=1S/C7H7ClN2O5S/c1-15-9-6-3-2-5(16(8,13)14)4-7(6)10(11)12/h2-4,9H,1H3. The highest BCUT2D eigenvalue weighted by molar-refractivity contribution is 8.13. The maximum atomic E-state index is 11.0. The quantitative estimate of drug-likeness (QED) is 0.504. The molecule has 9 heteroatoms. The summed E-state index contributed by atoms with van der Waals surface area (Å²) < 4.78 is 21.9. The fourth-order valence-electron chi connectivity index (χ4n) is 1.01. The van der Waals surface area contributed by atoms with E-state index in [1.54, 1.807) is 0 Å². The molecule has 0 aromatic heterocycles. The lowest BCUT2D eigenvalue weighted by Crippen LogP contribution is -2.02. The van der Waals surface area contributed by atoms with Crippen molar-refractivity contribution in [1.82, 2.24) is 0 Å². The number of hydrogen-bond donors (Lipinski definition) is 1. The third kappa shape index (κ3) is 2.81. The van der Waals surface area contributed by atoms with Crippen molar-refractivity contribution in [2.45, 2.75) is 4.90 Å². The molecule has 88 valence electrons. The van der Waals surface area contributed by atoms with Crippen molar-refractivity contribution in [1.29, 1.82) is 0 Å². The molecule has 1 N–H and O–H groups in total. The first-order chi connectivity index (χ1) is 7.36. The molecule has 0 unspecified atom stereocenters. The van der Waals surface area contributed by atoms with Gasteiger partial charge in [0.1, 0.15) is 5.69 Å². The van der Waals surface area contributed by atoms with E-state index in [0.29, 0.717) is 0 Å². The molecule has 0 saturated carbocycles. The molecule has 0 aliphatic rings. The molecule has 0 radical (unpaired) electrons. The maximum Gasteiger partial charge on any atom is 0.295 e. The van der Waals surface area contributed by atoms with E-state index in [9.17, 15) is 18.5 Å². The van der Waals surface area contributed by atoms with Crippen LogP contribution in [-0.2, 0) is 13.9 Å². The Labute approximate surface area is 95.5 Å². The molecule has 0 fully saturated rings. The van der Waals surface area contributed by atoms with Gasteiger partial charge in [-0.1, -0.05) is 0 Å². The van der Waals surface area contributed by atoms with Crippen molar-refractivity contribution in [3.05, 3.63) is 28.3 Å². The summed E-state index contributed by atoms with van der Waals surface area (Å²) in [6.07, 6.45) is 0. The molecular formula is C7H7ClN2O5S. The summed E-state index contributed by atoms with van der Waals surface area (Å²) in [5.74, 6) is 0. The van der Waals surface area contributed by atoms with Crippen LogP contribution in [-0.4, -0.2) is 20.5 Å². The molecule has 0 atom stereocenters. The first-order valence-corrected chi connectivity index (χ1v) is 6.19. The van der Waals surface area contributed by atoms with Crippen LogP contribution >= 0.6 is 10.7 Å². The van der Waals surface area contributed by atoms with E-state index in [1.165, 1.54) is 13.2 Å². The number of anilines is 1. The fourth-order valence-corrected chi connectivity index (χ4v) is 1.78. The van der Waals surface area contributed by atoms with Gasteiger partial charge in [-0.25, -0.2) is 8.42 Å². The summed E-state index contributed by atoms with van der Waals surface area (Å²) in [5, 5.41) is 10.6. The van der Waals surface area contributed by atoms with Crippen LogP contribution in [0.3, 0.4) is 0 Å². The van der Waals surface area contributed by atoms with Crippen LogP contribution in [0.25, 0.3) is 0 Å². The van der Waals surface area contributed by atoms with Crippen molar-refractivity contribution in [3.8, 4) is 0 Å². The Hall–Kier alpha value is -1.38. The monoisotopic (exact) mass is 266 g/mol. The number of benzene rings is 1. The third-order valence-corrected chi connectivity index (χ3v) is 3.01. The van der Waals surface area contributed by atoms with Gasteiger partial charge in [-0.3, -0.25) is 20.4 Å². The molecule has 0 aliphatic carbocycles. The summed E-state index contributed by atoms with van der Waals surface area (Å²) in [6.45, 7) is 0. The topological polar surface area (TPSA) is 98.5 Å². The summed E-state index contributed by atoms with van der Waals surface area (Å²) >= 11 is 0. The van der Waals surface area contributed by atoms with E-state index in [1.807, 2.05) is 0 Å². The number of nitrogens with one attached hydrogen (secondary N) is 1. The smallest absolute Gasteiger partial charge is 0.279 e. The average molecular weight is 267 g/mol. The van der Waals surface area contributed by atoms with Gasteiger partial charge < -0.3 is 0 Å². The van der Waals surface area contributed by atoms with Gasteiger partial charge in [0.15, 0.2) is 0 Å². The molecule has 0 spiro atoms. The van der Waals surface area contributed by atoms with Crippen molar-refractivity contribution in [2.75, 3.05) is 12.6 Å². The van der Waals surface area contributed by atoms with Crippen LogP contribution in [0.15, 0.2) is 23.1 Å². The zero-order chi connectivity index (χ0) is 12.3. The van der Waals surface area contributed by atoms with Crippen LogP contribution < -0.4 is 5.48 Å². The van der Waals surface area contributed by atoms with Gasteiger partial charge in [-0.05, 0) is 12.1 Å². The fraction of sp³-hybridized carbons (Fsp3) is 0.143. The van der Waals surface area contributed by atoms with Gasteiger partial charge in [0.05, 0.1) is 16.9 Å². The van der Waals surface area contributed by atoms with Crippen LogP contribution in [0.2, 0.25) is 0 Å². The predicted molar refractivity (Wildman–Crippen MR) is 56.8 cm³/mol. The molecule has 0 bridgehead atoms. The Morgan fingerprint density at radius 2 is 2.12 bits per heavy atom. The van der Waals surface area contributed by atoms with Gasteiger partial charge in [0, 0.05) is 16.7 Å². The number of halogens is 1. The van der Waals surface area contributed by atoms with Crippen molar-refractivity contribution in [2.24, 2.45) is 0 Å². The summed E-state index contributed by atoms with van der Waals surface area (Å²) in [4.78, 5) is 14.1. The molecule has 1 aromatic rings. The summed E-state index contributed by atoms with van der Waals surface area (Å²) in [7, 11) is 2.34. The van der Waals surface area contributed by atoms with Gasteiger partial charge in [0.2, 0.25) is 0 Å². The number of nitro benzene ring substituents is 1. The largest absolute Gasteiger partial charge is 0.295 e. The van der Waals surface area contributed by atoms with Gasteiger partial charge in [-0.15, -0.1) is 0 Å². The van der Waals surface area contributed by atoms with Crippen molar-refractivity contribution < 1.29 is 18.2 Å². The summed E-state index contributed by atoms with van der Waals surface area (Å²) in [6, 6.07) is 3.18. The molecular weight excluding hydrogens is 260 g/mol. The highest BCUT2D eigenvalue weighted by Crippen LogP contribution is 2.28. The van der Waals surface area contributed by atoms with E-state index >= 15 is 0 Å². The van der Waals surface area contributed by atoms with E-state index in [0.717, 1.165) is 12.1 Å². The molecule has 1 aromatic carbocycles. The normalized spacial score (nSPS) is 11.1. The van der Waals surface area contributed by atoms with Crippen LogP contribution in [0, 0.1) is 10.1 Å². The molecule has 0 saturated heterocycles. The second kappa shape index (κ2) is 4.64. The molecule has 0 amide bonds. The Morgan fingerprint density at radius 3 is 2.56 bits per heavy atom. The average Bonchev–Trinajstić information content (AvgIpc) is 2.16. The number of nitro groups is 1. The molecule has 0 aliphatic heterocycles. The Bertz CT molecular complexity index is 516. The zero-order valence-corrected chi connectivity index (χ0v) is 9.58. The first kappa shape index (κ1) is 12.7. The van der Waals surface area contributed by atoms with Gasteiger partial charge in [-0.2, -0.15) is 0 Å². The number of rotatable bonds is 4. The summed E-state index contributed by atoms with van der Waals surface area (Å²) in [5.41, 5.74) is 1.85. The van der Waals surface area contributed by atoms with Crippen LogP contribution in [0.5, 0.6) is 0 Å². The van der Waals surface area contributed by atoms with E-state index < -0.39 is 19.7 Å². The van der Waals surface area contributed by atoms with Crippen LogP contribution in [0.1, 0.15) is 0 Å². The highest BCUT2D eigenvalue weighted by Gasteiger charge is 2.19. The van der Waals surface area contributed by atoms with E-state index in [2.05, 4.69) is 10.3 Å². The van der Waals surface area contributed by atoms with Gasteiger partial charge in [0.25, 0.3) is 14.7 Å². The molecule has 1 rings (SSSR count). The predicted octanol–water partition coefficient (Wildman–Crippen LogP) is 1.50. The van der Waals surface area contributed by atoms with Crippen LogP contribution in [0.4, 0.5) is 11.4 Å². The van der Waals surface area contributed by atoms with E-state index in [-0.39, 0.29) is 10.6 Å². The minimum atomic E-state index is -3.99. The highest BCUT2D eigenvalue weighted by atomic mass is 35.7. The molecule has 16 heavy (non-hydrogen) atoms. The lowest BCUT2D eigenvalue weighted by Gasteiger charge is -2.04. The Morgan fingerprint density at radius 1 is 1.50 bits per heavy atom. The second-order valence-electron chi connectivity index (χ2n) is 2.68. The third-order valence-electron chi connectivity index (χ3n) is 1.66. The number of nitrogens with zero attached hydrogens (tertiary/aromatic N) is 1. The SMILES string of the molecule is CONc1ccc(S(=O)(=O)Cl)cc1[N+](=O)[O-]. The maximum absolute atomic E-state index is 11.0. The Kier molecular flexibility index (Phi) is 3.68. The Balaban J connectivity index is 3.34. The van der Waals surface area contributed by atoms with Gasteiger partial charge >= 0.3 is 0 Å². The molecule has 7 nitrogen and oxygen atoms in total. The van der Waals surface area contributed by atoms with Crippen molar-refractivity contribution in [3.63, 3.8) is 0 Å². The lowest BCUT2D eigenvalue weighted by molar-refractivity contribution is -0.384. The van der Waals surface area contributed by atoms with Crippen molar-refractivity contribution >= 4 is 31.1 Å². The second-order valence-corrected chi connectivity index (χ2v) is 5.25. The first-order valence-electron chi connectivity index (χ1n) is 3.88. The minimum Gasteiger partial charge on any atom is -0.279 e. The lowest BCUT2D eigenvalue weighted by atomic mass is 10.3. The minimum absolute atomic E-state index is 0.0385. The van der Waals surface area contributed by atoms with E-state index in [4.69, 9.17) is 10.7 Å².